The highest BCUT2D eigenvalue weighted by atomic mass is 16.6. The van der Waals surface area contributed by atoms with Gasteiger partial charge < -0.3 is 19.5 Å². The minimum absolute atomic E-state index is 0.156. The number of benzene rings is 1. The van der Waals surface area contributed by atoms with Gasteiger partial charge in [0.05, 0.1) is 38.7 Å². The highest BCUT2D eigenvalue weighted by molar-refractivity contribution is 5.75. The van der Waals surface area contributed by atoms with Gasteiger partial charge in [-0.2, -0.15) is 5.10 Å². The molecule has 0 bridgehead atoms. The molecule has 1 amide bonds. The molecule has 3 rings (SSSR count). The Bertz CT molecular complexity index is 797. The third-order valence-corrected chi connectivity index (χ3v) is 3.96. The Balaban J connectivity index is 1.65. The van der Waals surface area contributed by atoms with E-state index in [0.29, 0.717) is 32.1 Å². The van der Waals surface area contributed by atoms with Crippen LogP contribution in [0.4, 0.5) is 0 Å². The van der Waals surface area contributed by atoms with Gasteiger partial charge in [-0.15, -0.1) is 0 Å². The molecule has 8 nitrogen and oxygen atoms in total. The van der Waals surface area contributed by atoms with Gasteiger partial charge in [-0.25, -0.2) is 4.68 Å². The zero-order valence-electron chi connectivity index (χ0n) is 14.5. The zero-order valence-corrected chi connectivity index (χ0v) is 14.5. The van der Waals surface area contributed by atoms with Gasteiger partial charge in [0.25, 0.3) is 5.56 Å². The summed E-state index contributed by atoms with van der Waals surface area (Å²) in [5.74, 6) is 0.427. The summed E-state index contributed by atoms with van der Waals surface area (Å²) >= 11 is 0. The van der Waals surface area contributed by atoms with Crippen molar-refractivity contribution in [3.8, 4) is 17.0 Å². The van der Waals surface area contributed by atoms with Crippen molar-refractivity contribution in [2.24, 2.45) is 0 Å². The molecule has 138 valence electrons. The fraction of sp³-hybridized carbons (Fsp3) is 0.389. The van der Waals surface area contributed by atoms with E-state index in [0.717, 1.165) is 16.0 Å². The predicted molar refractivity (Wildman–Crippen MR) is 94.1 cm³/mol. The van der Waals surface area contributed by atoms with Crippen LogP contribution in [0.1, 0.15) is 0 Å². The van der Waals surface area contributed by atoms with Gasteiger partial charge >= 0.3 is 0 Å². The van der Waals surface area contributed by atoms with E-state index < -0.39 is 0 Å². The summed E-state index contributed by atoms with van der Waals surface area (Å²) in [5, 5.41) is 7.02. The Labute approximate surface area is 150 Å². The van der Waals surface area contributed by atoms with Gasteiger partial charge in [0.2, 0.25) is 5.91 Å². The zero-order chi connectivity index (χ0) is 18.4. The molecule has 1 saturated heterocycles. The Kier molecular flexibility index (Phi) is 5.98. The minimum Gasteiger partial charge on any atom is -0.497 e. The molecule has 1 atom stereocenters. The van der Waals surface area contributed by atoms with E-state index in [9.17, 15) is 9.59 Å². The lowest BCUT2D eigenvalue weighted by molar-refractivity contribution is -0.124. The molecule has 2 aromatic rings. The standard InChI is InChI=1S/C18H21N3O5/c1-24-14-4-2-13(3-5-14)16-6-7-18(23)21(20-16)11-17(22)19-10-15-12-25-8-9-26-15/h2-7,15H,8-12H2,1H3,(H,19,22)/t15-/m0/s1. The molecule has 0 unspecified atom stereocenters. The van der Waals surface area contributed by atoms with Gasteiger partial charge in [0, 0.05) is 18.2 Å². The van der Waals surface area contributed by atoms with Gasteiger partial charge in [-0.05, 0) is 30.3 Å². The van der Waals surface area contributed by atoms with Crippen LogP contribution in [0.5, 0.6) is 5.75 Å². The second kappa shape index (κ2) is 8.59. The number of ether oxygens (including phenoxy) is 3. The molecule has 26 heavy (non-hydrogen) atoms. The Morgan fingerprint density at radius 2 is 2.08 bits per heavy atom. The number of rotatable bonds is 6. The van der Waals surface area contributed by atoms with Crippen molar-refractivity contribution in [2.45, 2.75) is 12.6 Å². The first-order valence-corrected chi connectivity index (χ1v) is 8.34. The van der Waals surface area contributed by atoms with Crippen molar-refractivity contribution in [2.75, 3.05) is 33.5 Å². The first-order chi connectivity index (χ1) is 12.7. The molecule has 2 heterocycles. The summed E-state index contributed by atoms with van der Waals surface area (Å²) in [7, 11) is 1.59. The normalized spacial score (nSPS) is 16.9. The average Bonchev–Trinajstić information content (AvgIpc) is 2.69. The van der Waals surface area contributed by atoms with Crippen molar-refractivity contribution in [3.05, 3.63) is 46.8 Å². The van der Waals surface area contributed by atoms with Crippen LogP contribution in [0.2, 0.25) is 0 Å². The van der Waals surface area contributed by atoms with E-state index in [-0.39, 0.29) is 24.1 Å². The summed E-state index contributed by atoms with van der Waals surface area (Å²) in [6.07, 6.45) is -0.164. The van der Waals surface area contributed by atoms with Crippen LogP contribution in [-0.4, -0.2) is 55.3 Å². The topological polar surface area (TPSA) is 91.7 Å². The molecular formula is C18H21N3O5. The summed E-state index contributed by atoms with van der Waals surface area (Å²) in [6.45, 7) is 1.72. The molecular weight excluding hydrogens is 338 g/mol. The third kappa shape index (κ3) is 4.68. The maximum Gasteiger partial charge on any atom is 0.267 e. The minimum atomic E-state index is -0.338. The average molecular weight is 359 g/mol. The fourth-order valence-corrected chi connectivity index (χ4v) is 2.55. The number of nitrogens with zero attached hydrogens (tertiary/aromatic N) is 2. The Morgan fingerprint density at radius 3 is 2.77 bits per heavy atom. The molecule has 0 saturated carbocycles. The number of nitrogens with one attached hydrogen (secondary N) is 1. The molecule has 1 fully saturated rings. The molecule has 1 N–H and O–H groups in total. The lowest BCUT2D eigenvalue weighted by atomic mass is 10.1. The number of hydrogen-bond donors (Lipinski definition) is 1. The number of methoxy groups -OCH3 is 1. The maximum atomic E-state index is 12.1. The summed E-state index contributed by atoms with van der Waals surface area (Å²) in [5.41, 5.74) is 1.09. The van der Waals surface area contributed by atoms with Crippen molar-refractivity contribution in [1.29, 1.82) is 0 Å². The Hall–Kier alpha value is -2.71. The summed E-state index contributed by atoms with van der Waals surface area (Å²) in [6, 6.07) is 10.3. The first-order valence-electron chi connectivity index (χ1n) is 8.34. The maximum absolute atomic E-state index is 12.1. The third-order valence-electron chi connectivity index (χ3n) is 3.96. The second-order valence-corrected chi connectivity index (χ2v) is 5.81. The van der Waals surface area contributed by atoms with E-state index in [2.05, 4.69) is 10.4 Å². The quantitative estimate of drug-likeness (QED) is 0.805. The van der Waals surface area contributed by atoms with Crippen molar-refractivity contribution >= 4 is 5.91 Å². The molecule has 0 aliphatic carbocycles. The smallest absolute Gasteiger partial charge is 0.267 e. The van der Waals surface area contributed by atoms with E-state index in [1.54, 1.807) is 13.2 Å². The molecule has 1 aromatic carbocycles. The van der Waals surface area contributed by atoms with Crippen molar-refractivity contribution in [1.82, 2.24) is 15.1 Å². The lowest BCUT2D eigenvalue weighted by Crippen LogP contribution is -2.41. The van der Waals surface area contributed by atoms with Crippen molar-refractivity contribution < 1.29 is 19.0 Å². The number of carbonyl (C=O) groups is 1. The monoisotopic (exact) mass is 359 g/mol. The summed E-state index contributed by atoms with van der Waals surface area (Å²) < 4.78 is 17.0. The van der Waals surface area contributed by atoms with Crippen LogP contribution < -0.4 is 15.6 Å². The number of aromatic nitrogens is 2. The first kappa shape index (κ1) is 18.1. The second-order valence-electron chi connectivity index (χ2n) is 5.81. The van der Waals surface area contributed by atoms with Gasteiger partial charge in [0.1, 0.15) is 12.3 Å². The molecule has 8 heteroatoms. The van der Waals surface area contributed by atoms with Crippen LogP contribution in [0.25, 0.3) is 11.3 Å². The number of hydrogen-bond acceptors (Lipinski definition) is 6. The van der Waals surface area contributed by atoms with Crippen molar-refractivity contribution in [3.63, 3.8) is 0 Å². The van der Waals surface area contributed by atoms with Gasteiger partial charge in [0.15, 0.2) is 0 Å². The van der Waals surface area contributed by atoms with Crippen LogP contribution in [0, 0.1) is 0 Å². The van der Waals surface area contributed by atoms with E-state index in [4.69, 9.17) is 14.2 Å². The van der Waals surface area contributed by atoms with E-state index in [1.165, 1.54) is 6.07 Å². The molecule has 1 aliphatic heterocycles. The molecule has 1 aromatic heterocycles. The van der Waals surface area contributed by atoms with Crippen LogP contribution in [0.15, 0.2) is 41.2 Å². The van der Waals surface area contributed by atoms with Crippen LogP contribution in [0.3, 0.4) is 0 Å². The predicted octanol–water partition coefficient (Wildman–Crippen LogP) is 0.451. The number of carbonyl (C=O) groups excluding carboxylic acids is 1. The largest absolute Gasteiger partial charge is 0.497 e. The lowest BCUT2D eigenvalue weighted by Gasteiger charge is -2.23. The van der Waals surface area contributed by atoms with Gasteiger partial charge in [-0.1, -0.05) is 0 Å². The highest BCUT2D eigenvalue weighted by Crippen LogP contribution is 2.19. The molecule has 0 spiro atoms. The summed E-state index contributed by atoms with van der Waals surface area (Å²) in [4.78, 5) is 24.1. The van der Waals surface area contributed by atoms with Gasteiger partial charge in [-0.3, -0.25) is 9.59 Å². The van der Waals surface area contributed by atoms with E-state index in [1.807, 2.05) is 24.3 Å². The van der Waals surface area contributed by atoms with E-state index >= 15 is 0 Å². The van der Waals surface area contributed by atoms with Crippen LogP contribution >= 0.6 is 0 Å². The number of amides is 1. The SMILES string of the molecule is COc1ccc(-c2ccc(=O)n(CC(=O)NC[C@H]3COCCO3)n2)cc1. The highest BCUT2D eigenvalue weighted by Gasteiger charge is 2.16. The Morgan fingerprint density at radius 1 is 1.27 bits per heavy atom. The molecule has 1 aliphatic rings. The van der Waals surface area contributed by atoms with Crippen LogP contribution in [-0.2, 0) is 20.8 Å². The molecule has 0 radical (unpaired) electrons. The fourth-order valence-electron chi connectivity index (χ4n) is 2.55.